The third kappa shape index (κ3) is 2.32. The van der Waals surface area contributed by atoms with Crippen molar-refractivity contribution in [1.82, 2.24) is 19.9 Å². The zero-order valence-electron chi connectivity index (χ0n) is 13.2. The maximum absolute atomic E-state index is 11.7. The molecule has 1 aliphatic rings. The maximum Gasteiger partial charge on any atom is 0.261 e. The third-order valence-corrected chi connectivity index (χ3v) is 4.28. The van der Waals surface area contributed by atoms with Crippen LogP contribution in [0.15, 0.2) is 53.1 Å². The summed E-state index contributed by atoms with van der Waals surface area (Å²) in [7, 11) is 0. The van der Waals surface area contributed by atoms with Crippen LogP contribution in [0.3, 0.4) is 0 Å². The molecule has 0 spiro atoms. The second-order valence-corrected chi connectivity index (χ2v) is 5.92. The number of imidazole rings is 1. The van der Waals surface area contributed by atoms with Gasteiger partial charge in [0.25, 0.3) is 5.91 Å². The van der Waals surface area contributed by atoms with E-state index in [1.165, 1.54) is 0 Å². The largest absolute Gasteiger partial charge is 0.463 e. The number of hydrogen-bond donors (Lipinski definition) is 1. The zero-order chi connectivity index (χ0) is 16.8. The van der Waals surface area contributed by atoms with Crippen LogP contribution >= 0.6 is 0 Å². The van der Waals surface area contributed by atoms with Crippen LogP contribution in [0, 0.1) is 0 Å². The second kappa shape index (κ2) is 5.34. The van der Waals surface area contributed by atoms with Gasteiger partial charge in [0, 0.05) is 24.4 Å². The molecule has 124 valence electrons. The van der Waals surface area contributed by atoms with E-state index in [4.69, 9.17) is 9.15 Å². The number of hydrogen-bond acceptors (Lipinski definition) is 5. The van der Waals surface area contributed by atoms with E-state index in [1.54, 1.807) is 22.8 Å². The SMILES string of the molecule is O=C1NCCC1Oc1ccc2ncc(-c3cc4ccccc4o3)n2n1. The normalized spacial score (nSPS) is 17.3. The van der Waals surface area contributed by atoms with Crippen LogP contribution in [-0.4, -0.2) is 33.2 Å². The van der Waals surface area contributed by atoms with Gasteiger partial charge in [-0.25, -0.2) is 9.50 Å². The second-order valence-electron chi connectivity index (χ2n) is 5.92. The predicted octanol–water partition coefficient (Wildman–Crippen LogP) is 2.41. The molecule has 1 unspecified atom stereocenters. The first-order valence-corrected chi connectivity index (χ1v) is 8.06. The highest BCUT2D eigenvalue weighted by Gasteiger charge is 2.26. The van der Waals surface area contributed by atoms with E-state index in [1.807, 2.05) is 30.3 Å². The van der Waals surface area contributed by atoms with E-state index in [-0.39, 0.29) is 5.91 Å². The van der Waals surface area contributed by atoms with E-state index in [0.29, 0.717) is 30.3 Å². The Bertz CT molecular complexity index is 1070. The summed E-state index contributed by atoms with van der Waals surface area (Å²) in [6.45, 7) is 0.626. The average Bonchev–Trinajstić information content (AvgIpc) is 3.33. The number of ether oxygens (including phenoxy) is 1. The van der Waals surface area contributed by atoms with E-state index >= 15 is 0 Å². The Morgan fingerprint density at radius 1 is 1.24 bits per heavy atom. The smallest absolute Gasteiger partial charge is 0.261 e. The van der Waals surface area contributed by atoms with Gasteiger partial charge in [-0.15, -0.1) is 5.10 Å². The highest BCUT2D eigenvalue weighted by atomic mass is 16.5. The summed E-state index contributed by atoms with van der Waals surface area (Å²) in [6.07, 6.45) is 1.86. The van der Waals surface area contributed by atoms with E-state index in [9.17, 15) is 4.79 Å². The van der Waals surface area contributed by atoms with Crippen molar-refractivity contribution < 1.29 is 13.9 Å². The molecule has 0 bridgehead atoms. The number of aromatic nitrogens is 3. The topological polar surface area (TPSA) is 81.7 Å². The lowest BCUT2D eigenvalue weighted by molar-refractivity contribution is -0.125. The van der Waals surface area contributed by atoms with Crippen molar-refractivity contribution in [3.8, 4) is 17.3 Å². The summed E-state index contributed by atoms with van der Waals surface area (Å²) in [4.78, 5) is 16.0. The Labute approximate surface area is 142 Å². The summed E-state index contributed by atoms with van der Waals surface area (Å²) < 4.78 is 13.3. The van der Waals surface area contributed by atoms with Gasteiger partial charge in [0.05, 0.1) is 6.20 Å². The van der Waals surface area contributed by atoms with E-state index in [2.05, 4.69) is 15.4 Å². The van der Waals surface area contributed by atoms with Crippen molar-refractivity contribution in [3.63, 3.8) is 0 Å². The van der Waals surface area contributed by atoms with Crippen molar-refractivity contribution in [2.75, 3.05) is 6.54 Å². The van der Waals surface area contributed by atoms with Crippen LogP contribution in [0.2, 0.25) is 0 Å². The van der Waals surface area contributed by atoms with Gasteiger partial charge >= 0.3 is 0 Å². The minimum atomic E-state index is -0.497. The standard InChI is InChI=1S/C18H14N4O3/c23-18-14(7-8-19-18)25-17-6-5-16-20-10-12(22(16)21-17)15-9-11-3-1-2-4-13(11)24-15/h1-6,9-10,14H,7-8H2,(H,19,23). The Kier molecular flexibility index (Phi) is 3.00. The van der Waals surface area contributed by atoms with Crippen LogP contribution in [0.5, 0.6) is 5.88 Å². The number of carbonyl (C=O) groups is 1. The Hall–Kier alpha value is -3.35. The Morgan fingerprint density at radius 2 is 2.16 bits per heavy atom. The molecule has 0 radical (unpaired) electrons. The fraction of sp³-hybridized carbons (Fsp3) is 0.167. The number of nitrogens with zero attached hydrogens (tertiary/aromatic N) is 3. The first-order valence-electron chi connectivity index (χ1n) is 8.06. The first-order chi connectivity index (χ1) is 12.3. The van der Waals surface area contributed by atoms with Gasteiger partial charge in [-0.2, -0.15) is 0 Å². The molecule has 4 heterocycles. The molecular formula is C18H14N4O3. The highest BCUT2D eigenvalue weighted by Crippen LogP contribution is 2.28. The molecule has 0 saturated carbocycles. The van der Waals surface area contributed by atoms with Gasteiger partial charge in [-0.3, -0.25) is 4.79 Å². The lowest BCUT2D eigenvalue weighted by Crippen LogP contribution is -2.28. The summed E-state index contributed by atoms with van der Waals surface area (Å²) in [6, 6.07) is 13.3. The molecule has 1 atom stereocenters. The number of para-hydroxylation sites is 1. The molecule has 0 aliphatic carbocycles. The van der Waals surface area contributed by atoms with Gasteiger partial charge in [0.2, 0.25) is 5.88 Å². The molecule has 5 rings (SSSR count). The van der Waals surface area contributed by atoms with Crippen molar-refractivity contribution in [1.29, 1.82) is 0 Å². The minimum Gasteiger partial charge on any atom is -0.463 e. The Balaban J connectivity index is 1.56. The maximum atomic E-state index is 11.7. The van der Waals surface area contributed by atoms with Gasteiger partial charge in [0.1, 0.15) is 11.3 Å². The number of benzene rings is 1. The molecule has 1 amide bonds. The molecule has 7 nitrogen and oxygen atoms in total. The third-order valence-electron chi connectivity index (χ3n) is 4.28. The molecular weight excluding hydrogens is 320 g/mol. The fourth-order valence-electron chi connectivity index (χ4n) is 3.03. The molecule has 1 aliphatic heterocycles. The predicted molar refractivity (Wildman–Crippen MR) is 90.2 cm³/mol. The Morgan fingerprint density at radius 3 is 3.00 bits per heavy atom. The number of carbonyl (C=O) groups excluding carboxylic acids is 1. The molecule has 25 heavy (non-hydrogen) atoms. The monoisotopic (exact) mass is 334 g/mol. The average molecular weight is 334 g/mol. The van der Waals surface area contributed by atoms with Gasteiger partial charge in [0.15, 0.2) is 17.5 Å². The molecule has 1 N–H and O–H groups in total. The molecule has 7 heteroatoms. The fourth-order valence-corrected chi connectivity index (χ4v) is 3.03. The number of fused-ring (bicyclic) bond motifs is 2. The highest BCUT2D eigenvalue weighted by molar-refractivity contribution is 5.83. The lowest BCUT2D eigenvalue weighted by atomic mass is 10.2. The summed E-state index contributed by atoms with van der Waals surface area (Å²) in [5, 5.41) is 8.24. The molecule has 4 aromatic rings. The van der Waals surface area contributed by atoms with Crippen LogP contribution in [0.4, 0.5) is 0 Å². The summed E-state index contributed by atoms with van der Waals surface area (Å²) >= 11 is 0. The number of furan rings is 1. The van der Waals surface area contributed by atoms with Crippen molar-refractivity contribution in [2.45, 2.75) is 12.5 Å². The van der Waals surface area contributed by atoms with Crippen LogP contribution in [-0.2, 0) is 4.79 Å². The number of rotatable bonds is 3. The van der Waals surface area contributed by atoms with Crippen LogP contribution in [0.25, 0.3) is 28.1 Å². The quantitative estimate of drug-likeness (QED) is 0.622. The minimum absolute atomic E-state index is 0.106. The molecule has 1 saturated heterocycles. The van der Waals surface area contributed by atoms with E-state index in [0.717, 1.165) is 16.7 Å². The van der Waals surface area contributed by atoms with Crippen LogP contribution < -0.4 is 10.1 Å². The molecule has 3 aromatic heterocycles. The number of nitrogens with one attached hydrogen (secondary N) is 1. The van der Waals surface area contributed by atoms with Crippen LogP contribution in [0.1, 0.15) is 6.42 Å². The molecule has 1 aromatic carbocycles. The van der Waals surface area contributed by atoms with Crippen molar-refractivity contribution in [3.05, 3.63) is 48.7 Å². The number of amides is 1. The van der Waals surface area contributed by atoms with E-state index < -0.39 is 6.10 Å². The van der Waals surface area contributed by atoms with Crippen molar-refractivity contribution in [2.24, 2.45) is 0 Å². The van der Waals surface area contributed by atoms with Gasteiger partial charge in [-0.05, 0) is 18.2 Å². The molecule has 1 fully saturated rings. The van der Waals surface area contributed by atoms with Gasteiger partial charge < -0.3 is 14.5 Å². The first kappa shape index (κ1) is 14.0. The summed E-state index contributed by atoms with van der Waals surface area (Å²) in [5.41, 5.74) is 2.22. The lowest BCUT2D eigenvalue weighted by Gasteiger charge is -2.10. The zero-order valence-corrected chi connectivity index (χ0v) is 13.2. The van der Waals surface area contributed by atoms with Crippen molar-refractivity contribution >= 4 is 22.5 Å². The van der Waals surface area contributed by atoms with Gasteiger partial charge in [-0.1, -0.05) is 18.2 Å². The summed E-state index contributed by atoms with van der Waals surface area (Å²) in [5.74, 6) is 0.951.